The monoisotopic (exact) mass is 373 g/mol. The second-order valence-electron chi connectivity index (χ2n) is 6.02. The van der Waals surface area contributed by atoms with Crippen LogP contribution in [0.2, 0.25) is 0 Å². The highest BCUT2D eigenvalue weighted by Crippen LogP contribution is 2.17. The fraction of sp³-hybridized carbons (Fsp3) is 0.381. The van der Waals surface area contributed by atoms with Crippen molar-refractivity contribution >= 4 is 17.7 Å². The molecule has 0 fully saturated rings. The first-order valence-electron chi connectivity index (χ1n) is 8.84. The molecule has 0 saturated heterocycles. The maximum absolute atomic E-state index is 11.8. The van der Waals surface area contributed by atoms with Crippen LogP contribution in [0, 0.1) is 6.92 Å². The summed E-state index contributed by atoms with van der Waals surface area (Å²) in [6.07, 6.45) is 1.19. The topological polar surface area (TPSA) is 47.6 Å². The first kappa shape index (κ1) is 20.2. The SMILES string of the molecule is COc1ccc(OCCCC(=O)NCCSCc2cccc(C)c2)cc1. The number of nitrogens with one attached hydrogen (secondary N) is 1. The van der Waals surface area contributed by atoms with Crippen LogP contribution in [0.3, 0.4) is 0 Å². The summed E-state index contributed by atoms with van der Waals surface area (Å²) >= 11 is 1.84. The van der Waals surface area contributed by atoms with Gasteiger partial charge in [0.25, 0.3) is 0 Å². The Hall–Kier alpha value is -2.14. The van der Waals surface area contributed by atoms with Crippen LogP contribution < -0.4 is 14.8 Å². The smallest absolute Gasteiger partial charge is 0.220 e. The lowest BCUT2D eigenvalue weighted by Gasteiger charge is -2.08. The van der Waals surface area contributed by atoms with E-state index in [1.165, 1.54) is 11.1 Å². The zero-order valence-corrected chi connectivity index (χ0v) is 16.3. The zero-order valence-electron chi connectivity index (χ0n) is 15.5. The highest BCUT2D eigenvalue weighted by Gasteiger charge is 2.02. The molecule has 1 amide bonds. The van der Waals surface area contributed by atoms with Crippen LogP contribution in [0.15, 0.2) is 48.5 Å². The predicted octanol–water partition coefficient (Wildman–Crippen LogP) is 4.21. The van der Waals surface area contributed by atoms with Crippen molar-refractivity contribution in [3.63, 3.8) is 0 Å². The lowest BCUT2D eigenvalue weighted by molar-refractivity contribution is -0.121. The Morgan fingerprint density at radius 1 is 1.12 bits per heavy atom. The van der Waals surface area contributed by atoms with Crippen LogP contribution >= 0.6 is 11.8 Å². The highest BCUT2D eigenvalue weighted by atomic mass is 32.2. The fourth-order valence-electron chi connectivity index (χ4n) is 2.44. The highest BCUT2D eigenvalue weighted by molar-refractivity contribution is 7.98. The molecule has 0 spiro atoms. The van der Waals surface area contributed by atoms with Gasteiger partial charge >= 0.3 is 0 Å². The number of ether oxygens (including phenoxy) is 2. The van der Waals surface area contributed by atoms with Crippen molar-refractivity contribution in [1.29, 1.82) is 0 Å². The number of methoxy groups -OCH3 is 1. The molecule has 0 aliphatic rings. The molecule has 0 bridgehead atoms. The standard InChI is InChI=1S/C21H27NO3S/c1-17-5-3-6-18(15-17)16-26-14-12-22-21(23)7-4-13-25-20-10-8-19(24-2)9-11-20/h3,5-6,8-11,15H,4,7,12-14,16H2,1-2H3,(H,22,23). The quantitative estimate of drug-likeness (QED) is 0.599. The number of carbonyl (C=O) groups is 1. The molecule has 1 N–H and O–H groups in total. The molecule has 0 aliphatic carbocycles. The van der Waals surface area contributed by atoms with Crippen molar-refractivity contribution in [2.24, 2.45) is 0 Å². The van der Waals surface area contributed by atoms with Gasteiger partial charge in [0.2, 0.25) is 5.91 Å². The summed E-state index contributed by atoms with van der Waals surface area (Å²) < 4.78 is 10.7. The molecule has 26 heavy (non-hydrogen) atoms. The van der Waals surface area contributed by atoms with E-state index < -0.39 is 0 Å². The van der Waals surface area contributed by atoms with Gasteiger partial charge in [0.05, 0.1) is 13.7 Å². The number of aryl methyl sites for hydroxylation is 1. The van der Waals surface area contributed by atoms with E-state index >= 15 is 0 Å². The average Bonchev–Trinajstić information content (AvgIpc) is 2.65. The number of benzene rings is 2. The Kier molecular flexibility index (Phi) is 8.90. The lowest BCUT2D eigenvalue weighted by atomic mass is 10.2. The molecule has 0 unspecified atom stereocenters. The largest absolute Gasteiger partial charge is 0.497 e. The van der Waals surface area contributed by atoms with Crippen molar-refractivity contribution in [1.82, 2.24) is 5.32 Å². The first-order chi connectivity index (χ1) is 12.7. The molecule has 0 heterocycles. The van der Waals surface area contributed by atoms with Gasteiger partial charge in [-0.1, -0.05) is 29.8 Å². The molecule has 0 atom stereocenters. The summed E-state index contributed by atoms with van der Waals surface area (Å²) in [5.74, 6) is 3.57. The maximum atomic E-state index is 11.8. The summed E-state index contributed by atoms with van der Waals surface area (Å²) in [5.41, 5.74) is 2.62. The third-order valence-corrected chi connectivity index (χ3v) is 4.83. The van der Waals surface area contributed by atoms with Gasteiger partial charge in [-0.3, -0.25) is 4.79 Å². The molecular formula is C21H27NO3S. The molecule has 0 saturated carbocycles. The average molecular weight is 374 g/mol. The number of thioether (sulfide) groups is 1. The van der Waals surface area contributed by atoms with E-state index in [0.29, 0.717) is 26.0 Å². The van der Waals surface area contributed by atoms with Gasteiger partial charge in [-0.25, -0.2) is 0 Å². The molecule has 0 radical (unpaired) electrons. The van der Waals surface area contributed by atoms with Crippen molar-refractivity contribution in [2.75, 3.05) is 26.0 Å². The van der Waals surface area contributed by atoms with Crippen molar-refractivity contribution in [2.45, 2.75) is 25.5 Å². The van der Waals surface area contributed by atoms with Crippen molar-refractivity contribution in [3.05, 3.63) is 59.7 Å². The molecule has 4 nitrogen and oxygen atoms in total. The van der Waals surface area contributed by atoms with E-state index in [-0.39, 0.29) is 5.91 Å². The van der Waals surface area contributed by atoms with E-state index in [4.69, 9.17) is 9.47 Å². The molecule has 2 rings (SSSR count). The molecule has 2 aromatic carbocycles. The third kappa shape index (κ3) is 7.83. The summed E-state index contributed by atoms with van der Waals surface area (Å²) in [5, 5.41) is 2.96. The minimum absolute atomic E-state index is 0.0829. The van der Waals surface area contributed by atoms with Crippen molar-refractivity contribution in [3.8, 4) is 11.5 Å². The van der Waals surface area contributed by atoms with Gasteiger partial charge < -0.3 is 14.8 Å². The van der Waals surface area contributed by atoms with Crippen LogP contribution in [-0.4, -0.2) is 31.9 Å². The number of hydrogen-bond acceptors (Lipinski definition) is 4. The molecule has 2 aromatic rings. The van der Waals surface area contributed by atoms with Gasteiger partial charge in [-0.2, -0.15) is 11.8 Å². The summed E-state index contributed by atoms with van der Waals surface area (Å²) in [6.45, 7) is 3.34. The molecule has 0 aromatic heterocycles. The summed E-state index contributed by atoms with van der Waals surface area (Å²) in [7, 11) is 1.63. The number of rotatable bonds is 11. The second-order valence-corrected chi connectivity index (χ2v) is 7.12. The van der Waals surface area contributed by atoms with Crippen LogP contribution in [0.4, 0.5) is 0 Å². The van der Waals surface area contributed by atoms with E-state index in [0.717, 1.165) is 23.0 Å². The Morgan fingerprint density at radius 2 is 1.88 bits per heavy atom. The number of hydrogen-bond donors (Lipinski definition) is 1. The van der Waals surface area contributed by atoms with Crippen molar-refractivity contribution < 1.29 is 14.3 Å². The number of carbonyl (C=O) groups excluding carboxylic acids is 1. The van der Waals surface area contributed by atoms with Gasteiger partial charge in [0.15, 0.2) is 0 Å². The fourth-order valence-corrected chi connectivity index (χ4v) is 3.24. The molecular weight excluding hydrogens is 346 g/mol. The Labute approximate surface area is 160 Å². The van der Waals surface area contributed by atoms with Crippen LogP contribution in [0.1, 0.15) is 24.0 Å². The minimum atomic E-state index is 0.0829. The van der Waals surface area contributed by atoms with Gasteiger partial charge in [-0.15, -0.1) is 0 Å². The van der Waals surface area contributed by atoms with E-state index in [1.54, 1.807) is 7.11 Å². The third-order valence-electron chi connectivity index (χ3n) is 3.80. The molecule has 0 aliphatic heterocycles. The number of amides is 1. The zero-order chi connectivity index (χ0) is 18.6. The van der Waals surface area contributed by atoms with Crippen LogP contribution in [0.5, 0.6) is 11.5 Å². The van der Waals surface area contributed by atoms with Gasteiger partial charge in [0, 0.05) is 24.5 Å². The van der Waals surface area contributed by atoms with E-state index in [9.17, 15) is 4.79 Å². The summed E-state index contributed by atoms with van der Waals surface area (Å²) in [6, 6.07) is 16.0. The second kappa shape index (κ2) is 11.5. The van der Waals surface area contributed by atoms with Gasteiger partial charge in [0.1, 0.15) is 11.5 Å². The predicted molar refractivity (Wildman–Crippen MR) is 108 cm³/mol. The molecule has 5 heteroatoms. The Bertz CT molecular complexity index is 673. The van der Waals surface area contributed by atoms with Gasteiger partial charge in [-0.05, 0) is 43.2 Å². The molecule has 140 valence electrons. The van der Waals surface area contributed by atoms with E-state index in [2.05, 4.69) is 36.5 Å². The summed E-state index contributed by atoms with van der Waals surface area (Å²) in [4.78, 5) is 11.8. The normalized spacial score (nSPS) is 10.4. The Balaban J connectivity index is 1.49. The lowest BCUT2D eigenvalue weighted by Crippen LogP contribution is -2.25. The van der Waals surface area contributed by atoms with E-state index in [1.807, 2.05) is 36.0 Å². The Morgan fingerprint density at radius 3 is 2.62 bits per heavy atom. The maximum Gasteiger partial charge on any atom is 0.220 e. The van der Waals surface area contributed by atoms with Crippen LogP contribution in [0.25, 0.3) is 0 Å². The minimum Gasteiger partial charge on any atom is -0.497 e. The first-order valence-corrected chi connectivity index (χ1v) is 9.99. The van der Waals surface area contributed by atoms with Crippen LogP contribution in [-0.2, 0) is 10.5 Å².